The fourth-order valence-corrected chi connectivity index (χ4v) is 2.02. The van der Waals surface area contributed by atoms with Crippen molar-refractivity contribution in [2.45, 2.75) is 46.6 Å². The van der Waals surface area contributed by atoms with E-state index < -0.39 is 5.97 Å². The maximum Gasteiger partial charge on any atom is 0.339 e. The molecule has 1 rings (SSSR count). The van der Waals surface area contributed by atoms with Gasteiger partial charge in [0.25, 0.3) is 0 Å². The van der Waals surface area contributed by atoms with E-state index in [2.05, 4.69) is 15.5 Å². The summed E-state index contributed by atoms with van der Waals surface area (Å²) in [5, 5.41) is 29.8. The third kappa shape index (κ3) is 3.45. The topological polar surface area (TPSA) is 95.3 Å². The van der Waals surface area contributed by atoms with Crippen molar-refractivity contribution in [2.24, 2.45) is 5.92 Å². The van der Waals surface area contributed by atoms with Gasteiger partial charge in [-0.1, -0.05) is 20.8 Å². The van der Waals surface area contributed by atoms with Crippen LogP contribution in [0.1, 0.15) is 49.3 Å². The number of rotatable bonds is 7. The summed E-state index contributed by atoms with van der Waals surface area (Å²) in [6.07, 6.45) is 1.25. The molecule has 0 aliphatic rings. The zero-order valence-electron chi connectivity index (χ0n) is 12.5. The van der Waals surface area contributed by atoms with Crippen LogP contribution in [0.15, 0.2) is 0 Å². The van der Waals surface area contributed by atoms with Crippen molar-refractivity contribution < 1.29 is 15.0 Å². The minimum absolute atomic E-state index is 0.00521. The number of carboxylic acids is 1. The summed E-state index contributed by atoms with van der Waals surface area (Å²) in [6.45, 7) is 7.63. The van der Waals surface area contributed by atoms with Crippen LogP contribution in [0.5, 0.6) is 0 Å². The Balaban J connectivity index is 3.23. The monoisotopic (exact) mass is 281 g/mol. The molecular weight excluding hydrogens is 258 g/mol. The number of nitrogens with one attached hydrogen (secondary N) is 1. The van der Waals surface area contributed by atoms with Crippen LogP contribution in [0.3, 0.4) is 0 Å². The van der Waals surface area contributed by atoms with Crippen LogP contribution in [0.25, 0.3) is 0 Å². The first-order chi connectivity index (χ1) is 9.46. The largest absolute Gasteiger partial charge is 0.478 e. The number of aromatic nitrogens is 2. The fraction of sp³-hybridized carbons (Fsp3) is 0.643. The van der Waals surface area contributed by atoms with E-state index in [1.54, 1.807) is 0 Å². The van der Waals surface area contributed by atoms with Gasteiger partial charge in [-0.05, 0) is 31.2 Å². The maximum atomic E-state index is 11.5. The molecule has 1 aromatic rings. The third-order valence-electron chi connectivity index (χ3n) is 3.57. The molecule has 0 aliphatic carbocycles. The first kappa shape index (κ1) is 16.4. The average molecular weight is 281 g/mol. The van der Waals surface area contributed by atoms with Gasteiger partial charge in [0.2, 0.25) is 0 Å². The van der Waals surface area contributed by atoms with Crippen molar-refractivity contribution in [3.8, 4) is 0 Å². The molecule has 0 fully saturated rings. The van der Waals surface area contributed by atoms with E-state index >= 15 is 0 Å². The minimum atomic E-state index is -1.00. The lowest BCUT2D eigenvalue weighted by Crippen LogP contribution is -2.28. The standard InChI is InChI=1S/C14H23N3O3/c1-5-10-11(6-2)16-17-13(12(10)14(19)20)15-9(4)8(3)7-18/h8-9,18H,5-7H2,1-4H3,(H,15,17)(H,19,20). The summed E-state index contributed by atoms with van der Waals surface area (Å²) in [7, 11) is 0. The van der Waals surface area contributed by atoms with E-state index in [-0.39, 0.29) is 29.9 Å². The molecule has 0 aromatic carbocycles. The summed E-state index contributed by atoms with van der Waals surface area (Å²) in [5.41, 5.74) is 1.64. The maximum absolute atomic E-state index is 11.5. The number of aliphatic hydroxyl groups is 1. The first-order valence-electron chi connectivity index (χ1n) is 6.95. The molecule has 0 spiro atoms. The Bertz CT molecular complexity index is 477. The molecule has 1 aromatic heterocycles. The van der Waals surface area contributed by atoms with Crippen LogP contribution in [0.2, 0.25) is 0 Å². The van der Waals surface area contributed by atoms with Crippen molar-refractivity contribution in [1.29, 1.82) is 0 Å². The zero-order chi connectivity index (χ0) is 15.3. The van der Waals surface area contributed by atoms with Crippen LogP contribution >= 0.6 is 0 Å². The van der Waals surface area contributed by atoms with Crippen molar-refractivity contribution >= 4 is 11.8 Å². The Hall–Kier alpha value is -1.69. The molecule has 3 N–H and O–H groups in total. The Kier molecular flexibility index (Phi) is 5.88. The van der Waals surface area contributed by atoms with Crippen LogP contribution in [0, 0.1) is 5.92 Å². The number of carbonyl (C=O) groups is 1. The SMILES string of the molecule is CCc1nnc(NC(C)C(C)CO)c(C(=O)O)c1CC. The first-order valence-corrected chi connectivity index (χ1v) is 6.95. The minimum Gasteiger partial charge on any atom is -0.478 e. The number of carboxylic acid groups (broad SMARTS) is 1. The van der Waals surface area contributed by atoms with Gasteiger partial charge < -0.3 is 15.5 Å². The van der Waals surface area contributed by atoms with Crippen molar-refractivity contribution in [3.63, 3.8) is 0 Å². The Labute approximate surface area is 119 Å². The highest BCUT2D eigenvalue weighted by atomic mass is 16.4. The Morgan fingerprint density at radius 2 is 1.90 bits per heavy atom. The molecule has 0 saturated carbocycles. The van der Waals surface area contributed by atoms with E-state index in [9.17, 15) is 9.90 Å². The van der Waals surface area contributed by atoms with Crippen molar-refractivity contribution in [2.75, 3.05) is 11.9 Å². The van der Waals surface area contributed by atoms with E-state index in [0.717, 1.165) is 11.3 Å². The normalized spacial score (nSPS) is 13.8. The van der Waals surface area contributed by atoms with Gasteiger partial charge in [0.15, 0.2) is 5.82 Å². The lowest BCUT2D eigenvalue weighted by molar-refractivity contribution is 0.0696. The lowest BCUT2D eigenvalue weighted by atomic mass is 10.0. The van der Waals surface area contributed by atoms with Gasteiger partial charge in [-0.2, -0.15) is 5.10 Å². The predicted octanol–water partition coefficient (Wildman–Crippen LogP) is 1.73. The predicted molar refractivity (Wildman–Crippen MR) is 77.1 cm³/mol. The van der Waals surface area contributed by atoms with Gasteiger partial charge in [-0.25, -0.2) is 4.79 Å². The van der Waals surface area contributed by atoms with Crippen molar-refractivity contribution in [1.82, 2.24) is 10.2 Å². The van der Waals surface area contributed by atoms with Crippen LogP contribution in [-0.4, -0.2) is 39.0 Å². The lowest BCUT2D eigenvalue weighted by Gasteiger charge is -2.21. The summed E-state index contributed by atoms with van der Waals surface area (Å²) >= 11 is 0. The van der Waals surface area contributed by atoms with Gasteiger partial charge in [0, 0.05) is 12.6 Å². The van der Waals surface area contributed by atoms with Gasteiger partial charge in [-0.15, -0.1) is 5.10 Å². The third-order valence-corrected chi connectivity index (χ3v) is 3.57. The number of aromatic carboxylic acids is 1. The molecule has 0 amide bonds. The van der Waals surface area contributed by atoms with Crippen LogP contribution < -0.4 is 5.32 Å². The zero-order valence-corrected chi connectivity index (χ0v) is 12.5. The smallest absolute Gasteiger partial charge is 0.339 e. The molecule has 20 heavy (non-hydrogen) atoms. The van der Waals surface area contributed by atoms with Gasteiger partial charge in [0.1, 0.15) is 5.56 Å². The Morgan fingerprint density at radius 3 is 2.35 bits per heavy atom. The quantitative estimate of drug-likeness (QED) is 0.704. The highest BCUT2D eigenvalue weighted by molar-refractivity contribution is 5.95. The van der Waals surface area contributed by atoms with E-state index in [1.165, 1.54) is 0 Å². The fourth-order valence-electron chi connectivity index (χ4n) is 2.02. The number of anilines is 1. The second-order valence-electron chi connectivity index (χ2n) is 4.95. The highest BCUT2D eigenvalue weighted by Crippen LogP contribution is 2.22. The van der Waals surface area contributed by atoms with E-state index in [0.29, 0.717) is 12.8 Å². The molecule has 2 atom stereocenters. The average Bonchev–Trinajstić information content (AvgIpc) is 2.44. The molecule has 112 valence electrons. The molecule has 0 radical (unpaired) electrons. The van der Waals surface area contributed by atoms with Crippen LogP contribution in [0.4, 0.5) is 5.82 Å². The molecule has 6 heteroatoms. The summed E-state index contributed by atoms with van der Waals surface area (Å²) < 4.78 is 0. The Morgan fingerprint density at radius 1 is 1.25 bits per heavy atom. The molecule has 0 saturated heterocycles. The number of hydrogen-bond donors (Lipinski definition) is 3. The molecule has 0 aliphatic heterocycles. The number of aliphatic hydroxyl groups excluding tert-OH is 1. The van der Waals surface area contributed by atoms with E-state index in [4.69, 9.17) is 5.11 Å². The van der Waals surface area contributed by atoms with Crippen molar-refractivity contribution in [3.05, 3.63) is 16.8 Å². The highest BCUT2D eigenvalue weighted by Gasteiger charge is 2.22. The summed E-state index contributed by atoms with van der Waals surface area (Å²) in [5.74, 6) is -0.730. The number of aryl methyl sites for hydroxylation is 1. The van der Waals surface area contributed by atoms with Gasteiger partial charge in [0.05, 0.1) is 5.69 Å². The molecule has 6 nitrogen and oxygen atoms in total. The molecular formula is C14H23N3O3. The van der Waals surface area contributed by atoms with Gasteiger partial charge >= 0.3 is 5.97 Å². The molecule has 1 heterocycles. The molecule has 2 unspecified atom stereocenters. The summed E-state index contributed by atoms with van der Waals surface area (Å²) in [4.78, 5) is 11.5. The second-order valence-corrected chi connectivity index (χ2v) is 4.95. The number of hydrogen-bond acceptors (Lipinski definition) is 5. The molecule has 0 bridgehead atoms. The van der Waals surface area contributed by atoms with E-state index in [1.807, 2.05) is 27.7 Å². The number of nitrogens with zero attached hydrogens (tertiary/aromatic N) is 2. The van der Waals surface area contributed by atoms with Crippen LogP contribution in [-0.2, 0) is 12.8 Å². The van der Waals surface area contributed by atoms with Gasteiger partial charge in [-0.3, -0.25) is 0 Å². The summed E-state index contributed by atoms with van der Waals surface area (Å²) in [6, 6.07) is -0.0930. The second kappa shape index (κ2) is 7.19.